The van der Waals surface area contributed by atoms with Crippen LogP contribution in [0.1, 0.15) is 15.4 Å². The number of aromatic nitrogens is 1. The molecule has 0 fully saturated rings. The fourth-order valence-corrected chi connectivity index (χ4v) is 3.31. The molecule has 0 radical (unpaired) electrons. The fourth-order valence-electron chi connectivity index (χ4n) is 2.58. The van der Waals surface area contributed by atoms with Gasteiger partial charge in [0.05, 0.1) is 6.54 Å². The van der Waals surface area contributed by atoms with E-state index in [4.69, 9.17) is 0 Å². The first kappa shape index (κ1) is 16.5. The number of hydrogen-bond donors (Lipinski definition) is 2. The Kier molecular flexibility index (Phi) is 5.43. The van der Waals surface area contributed by atoms with Crippen molar-refractivity contribution in [2.75, 3.05) is 13.6 Å². The SMILES string of the molecule is CN=C(NCCc1ccc2ccccc2c1)NCc1ncc(C)s1. The van der Waals surface area contributed by atoms with Crippen LogP contribution in [-0.2, 0) is 13.0 Å². The lowest BCUT2D eigenvalue weighted by molar-refractivity contribution is 0.792. The maximum atomic E-state index is 4.35. The molecule has 0 aliphatic rings. The highest BCUT2D eigenvalue weighted by Crippen LogP contribution is 2.15. The molecule has 3 rings (SSSR count). The van der Waals surface area contributed by atoms with Gasteiger partial charge in [0, 0.05) is 24.7 Å². The molecule has 0 unspecified atom stereocenters. The van der Waals surface area contributed by atoms with Crippen LogP contribution in [0.15, 0.2) is 53.7 Å². The van der Waals surface area contributed by atoms with Crippen LogP contribution in [0.4, 0.5) is 0 Å². The molecule has 0 amide bonds. The summed E-state index contributed by atoms with van der Waals surface area (Å²) < 4.78 is 0. The van der Waals surface area contributed by atoms with Gasteiger partial charge in [-0.15, -0.1) is 11.3 Å². The number of rotatable bonds is 5. The Bertz CT molecular complexity index is 838. The zero-order valence-electron chi connectivity index (χ0n) is 14.0. The first-order valence-corrected chi connectivity index (χ1v) is 8.90. The van der Waals surface area contributed by atoms with E-state index in [1.54, 1.807) is 18.4 Å². The van der Waals surface area contributed by atoms with Crippen molar-refractivity contribution < 1.29 is 0 Å². The molecular weight excluding hydrogens is 316 g/mol. The molecule has 1 aromatic heterocycles. The second-order valence-corrected chi connectivity index (χ2v) is 6.97. The smallest absolute Gasteiger partial charge is 0.191 e. The van der Waals surface area contributed by atoms with Gasteiger partial charge >= 0.3 is 0 Å². The molecule has 0 atom stereocenters. The molecule has 0 saturated heterocycles. The van der Waals surface area contributed by atoms with Crippen molar-refractivity contribution >= 4 is 28.1 Å². The minimum absolute atomic E-state index is 0.703. The van der Waals surface area contributed by atoms with E-state index in [1.165, 1.54) is 21.2 Å². The van der Waals surface area contributed by atoms with Crippen LogP contribution in [0.3, 0.4) is 0 Å². The number of aryl methyl sites for hydroxylation is 1. The third-order valence-corrected chi connectivity index (χ3v) is 4.73. The Morgan fingerprint density at radius 3 is 2.71 bits per heavy atom. The Hall–Kier alpha value is -2.40. The zero-order chi connectivity index (χ0) is 16.8. The van der Waals surface area contributed by atoms with Crippen molar-refractivity contribution in [1.29, 1.82) is 0 Å². The number of guanidine groups is 1. The zero-order valence-corrected chi connectivity index (χ0v) is 14.9. The number of benzene rings is 2. The van der Waals surface area contributed by atoms with Crippen molar-refractivity contribution in [3.8, 4) is 0 Å². The molecule has 124 valence electrons. The van der Waals surface area contributed by atoms with Crippen molar-refractivity contribution in [1.82, 2.24) is 15.6 Å². The average molecular weight is 338 g/mol. The third-order valence-electron chi connectivity index (χ3n) is 3.82. The van der Waals surface area contributed by atoms with Gasteiger partial charge in [0.2, 0.25) is 0 Å². The topological polar surface area (TPSA) is 49.3 Å². The molecule has 0 saturated carbocycles. The van der Waals surface area contributed by atoms with E-state index in [2.05, 4.69) is 70.0 Å². The monoisotopic (exact) mass is 338 g/mol. The summed E-state index contributed by atoms with van der Waals surface area (Å²) in [5.41, 5.74) is 1.33. The number of nitrogens with zero attached hydrogens (tertiary/aromatic N) is 2. The highest BCUT2D eigenvalue weighted by molar-refractivity contribution is 7.11. The molecule has 5 heteroatoms. The summed E-state index contributed by atoms with van der Waals surface area (Å²) in [7, 11) is 1.79. The molecule has 0 bridgehead atoms. The maximum Gasteiger partial charge on any atom is 0.191 e. The van der Waals surface area contributed by atoms with Crippen molar-refractivity contribution in [2.45, 2.75) is 19.9 Å². The lowest BCUT2D eigenvalue weighted by Crippen LogP contribution is -2.37. The highest BCUT2D eigenvalue weighted by atomic mass is 32.1. The minimum atomic E-state index is 0.703. The van der Waals surface area contributed by atoms with Crippen LogP contribution in [0.5, 0.6) is 0 Å². The van der Waals surface area contributed by atoms with E-state index in [9.17, 15) is 0 Å². The molecule has 3 aromatic rings. The van der Waals surface area contributed by atoms with Crippen molar-refractivity contribution in [2.24, 2.45) is 4.99 Å². The van der Waals surface area contributed by atoms with E-state index in [-0.39, 0.29) is 0 Å². The summed E-state index contributed by atoms with van der Waals surface area (Å²) in [6.07, 6.45) is 2.86. The van der Waals surface area contributed by atoms with Gasteiger partial charge in [-0.25, -0.2) is 4.98 Å². The summed E-state index contributed by atoms with van der Waals surface area (Å²) in [6.45, 7) is 3.61. The fraction of sp³-hybridized carbons (Fsp3) is 0.263. The van der Waals surface area contributed by atoms with Crippen LogP contribution >= 0.6 is 11.3 Å². The van der Waals surface area contributed by atoms with E-state index >= 15 is 0 Å². The first-order chi connectivity index (χ1) is 11.7. The Balaban J connectivity index is 1.50. The van der Waals surface area contributed by atoms with Gasteiger partial charge in [-0.2, -0.15) is 0 Å². The second-order valence-electron chi connectivity index (χ2n) is 5.65. The Morgan fingerprint density at radius 2 is 1.96 bits per heavy atom. The largest absolute Gasteiger partial charge is 0.356 e. The second kappa shape index (κ2) is 7.93. The number of hydrogen-bond acceptors (Lipinski definition) is 3. The normalized spacial score (nSPS) is 11.7. The van der Waals surface area contributed by atoms with E-state index in [0.29, 0.717) is 6.54 Å². The molecule has 4 nitrogen and oxygen atoms in total. The van der Waals surface area contributed by atoms with Gasteiger partial charge in [0.25, 0.3) is 0 Å². The number of fused-ring (bicyclic) bond motifs is 1. The lowest BCUT2D eigenvalue weighted by atomic mass is 10.1. The van der Waals surface area contributed by atoms with Gasteiger partial charge in [0.1, 0.15) is 5.01 Å². The average Bonchev–Trinajstić information content (AvgIpc) is 3.03. The molecule has 0 aliphatic carbocycles. The van der Waals surface area contributed by atoms with E-state index in [1.807, 2.05) is 6.20 Å². The first-order valence-electron chi connectivity index (χ1n) is 8.08. The quantitative estimate of drug-likeness (QED) is 0.553. The summed E-state index contributed by atoms with van der Waals surface area (Å²) in [5, 5.41) is 10.3. The number of nitrogens with one attached hydrogen (secondary N) is 2. The van der Waals surface area contributed by atoms with Crippen LogP contribution in [0.2, 0.25) is 0 Å². The van der Waals surface area contributed by atoms with Gasteiger partial charge in [-0.05, 0) is 29.7 Å². The summed E-state index contributed by atoms with van der Waals surface area (Å²) in [4.78, 5) is 9.84. The van der Waals surface area contributed by atoms with Crippen LogP contribution in [0, 0.1) is 6.92 Å². The third kappa shape index (κ3) is 4.32. The molecular formula is C19H22N4S. The van der Waals surface area contributed by atoms with E-state index in [0.717, 1.165) is 23.9 Å². The molecule has 0 aliphatic heterocycles. The van der Waals surface area contributed by atoms with Crippen LogP contribution < -0.4 is 10.6 Å². The summed E-state index contributed by atoms with van der Waals surface area (Å²) >= 11 is 1.71. The standard InChI is InChI=1S/C19H22N4S/c1-14-12-22-18(24-14)13-23-19(20-2)21-10-9-15-7-8-16-5-3-4-6-17(16)11-15/h3-8,11-12H,9-10,13H2,1-2H3,(H2,20,21,23). The van der Waals surface area contributed by atoms with Gasteiger partial charge in [-0.3, -0.25) is 4.99 Å². The molecule has 2 aromatic carbocycles. The Labute approximate surface area is 146 Å². The van der Waals surface area contributed by atoms with Crippen LogP contribution in [-0.4, -0.2) is 24.5 Å². The van der Waals surface area contributed by atoms with Crippen molar-refractivity contribution in [3.63, 3.8) is 0 Å². The minimum Gasteiger partial charge on any atom is -0.356 e. The van der Waals surface area contributed by atoms with Gasteiger partial charge in [0.15, 0.2) is 5.96 Å². The van der Waals surface area contributed by atoms with Crippen LogP contribution in [0.25, 0.3) is 10.8 Å². The highest BCUT2D eigenvalue weighted by Gasteiger charge is 2.02. The van der Waals surface area contributed by atoms with Crippen molar-refractivity contribution in [3.05, 3.63) is 64.1 Å². The van der Waals surface area contributed by atoms with Gasteiger partial charge in [-0.1, -0.05) is 42.5 Å². The molecule has 2 N–H and O–H groups in total. The number of thiazole rings is 1. The predicted molar refractivity (Wildman–Crippen MR) is 103 cm³/mol. The van der Waals surface area contributed by atoms with E-state index < -0.39 is 0 Å². The summed E-state index contributed by atoms with van der Waals surface area (Å²) in [5.74, 6) is 0.809. The maximum absolute atomic E-state index is 4.35. The predicted octanol–water partition coefficient (Wildman–Crippen LogP) is 3.51. The molecule has 24 heavy (non-hydrogen) atoms. The Morgan fingerprint density at radius 1 is 1.12 bits per heavy atom. The number of aliphatic imine (C=N–C) groups is 1. The van der Waals surface area contributed by atoms with Gasteiger partial charge < -0.3 is 10.6 Å². The summed E-state index contributed by atoms with van der Waals surface area (Å²) in [6, 6.07) is 15.1. The molecule has 0 spiro atoms. The lowest BCUT2D eigenvalue weighted by Gasteiger charge is -2.11. The molecule has 1 heterocycles.